The lowest BCUT2D eigenvalue weighted by molar-refractivity contribution is 0.0594. The molecule has 0 fully saturated rings. The zero-order chi connectivity index (χ0) is 15.2. The number of carbonyl (C=O) groups excluding carboxylic acids is 1. The minimum absolute atomic E-state index is 0.00900. The van der Waals surface area contributed by atoms with Gasteiger partial charge in [-0.15, -0.1) is 0 Å². The van der Waals surface area contributed by atoms with Gasteiger partial charge in [-0.3, -0.25) is 0 Å². The fraction of sp³-hybridized carbons (Fsp3) is 0.188. The zero-order valence-electron chi connectivity index (χ0n) is 11.8. The first-order valence-electron chi connectivity index (χ1n) is 6.28. The van der Waals surface area contributed by atoms with Crippen LogP contribution in [0.3, 0.4) is 0 Å². The van der Waals surface area contributed by atoms with Crippen LogP contribution < -0.4 is 9.47 Å². The van der Waals surface area contributed by atoms with E-state index < -0.39 is 11.8 Å². The van der Waals surface area contributed by atoms with Crippen molar-refractivity contribution >= 4 is 5.97 Å². The summed E-state index contributed by atoms with van der Waals surface area (Å²) in [6.07, 6.45) is 0. The summed E-state index contributed by atoms with van der Waals surface area (Å²) < 4.78 is 28.9. The van der Waals surface area contributed by atoms with Crippen LogP contribution in [0.5, 0.6) is 11.5 Å². The van der Waals surface area contributed by atoms with Crippen molar-refractivity contribution in [3.05, 3.63) is 59.4 Å². The maximum absolute atomic E-state index is 13.5. The minimum Gasteiger partial charge on any atom is -0.493 e. The van der Waals surface area contributed by atoms with Crippen molar-refractivity contribution in [1.82, 2.24) is 0 Å². The van der Waals surface area contributed by atoms with Gasteiger partial charge in [-0.2, -0.15) is 0 Å². The summed E-state index contributed by atoms with van der Waals surface area (Å²) in [6, 6.07) is 11.6. The summed E-state index contributed by atoms with van der Waals surface area (Å²) in [4.78, 5) is 11.7. The highest BCUT2D eigenvalue weighted by molar-refractivity contribution is 5.93. The number of hydrogen-bond donors (Lipinski definition) is 0. The number of methoxy groups -OCH3 is 2. The Balaban J connectivity index is 2.33. The molecule has 0 spiro atoms. The standard InChI is InChI=1S/C16H15FO4/c1-19-14-9-12(17)8-13(16(18)20-2)15(14)21-10-11-6-4-3-5-7-11/h3-9H,10H2,1-2H3. The van der Waals surface area contributed by atoms with E-state index in [9.17, 15) is 9.18 Å². The number of rotatable bonds is 5. The molecule has 0 N–H and O–H groups in total. The average molecular weight is 290 g/mol. The van der Waals surface area contributed by atoms with Gasteiger partial charge >= 0.3 is 5.97 Å². The average Bonchev–Trinajstić information content (AvgIpc) is 2.53. The van der Waals surface area contributed by atoms with E-state index in [0.29, 0.717) is 0 Å². The van der Waals surface area contributed by atoms with Crippen LogP contribution in [0.1, 0.15) is 15.9 Å². The molecular formula is C16H15FO4. The van der Waals surface area contributed by atoms with Crippen molar-refractivity contribution in [1.29, 1.82) is 0 Å². The molecule has 0 atom stereocenters. The molecule has 0 bridgehead atoms. The topological polar surface area (TPSA) is 44.8 Å². The van der Waals surface area contributed by atoms with Gasteiger partial charge in [-0.1, -0.05) is 30.3 Å². The fourth-order valence-electron chi connectivity index (χ4n) is 1.86. The molecule has 0 saturated heterocycles. The Labute approximate surface area is 122 Å². The third kappa shape index (κ3) is 3.51. The lowest BCUT2D eigenvalue weighted by Gasteiger charge is -2.14. The Hall–Kier alpha value is -2.56. The van der Waals surface area contributed by atoms with E-state index in [1.807, 2.05) is 30.3 Å². The largest absolute Gasteiger partial charge is 0.493 e. The number of esters is 1. The highest BCUT2D eigenvalue weighted by Gasteiger charge is 2.20. The van der Waals surface area contributed by atoms with Crippen molar-refractivity contribution in [2.24, 2.45) is 0 Å². The molecule has 0 saturated carbocycles. The first-order chi connectivity index (χ1) is 10.2. The van der Waals surface area contributed by atoms with Gasteiger partial charge in [0.1, 0.15) is 18.0 Å². The van der Waals surface area contributed by atoms with Crippen molar-refractivity contribution < 1.29 is 23.4 Å². The molecule has 0 unspecified atom stereocenters. The minimum atomic E-state index is -0.684. The van der Waals surface area contributed by atoms with Crippen LogP contribution in [0, 0.1) is 5.82 Å². The van der Waals surface area contributed by atoms with Gasteiger partial charge in [-0.25, -0.2) is 9.18 Å². The number of ether oxygens (including phenoxy) is 3. The molecule has 0 amide bonds. The summed E-state index contributed by atoms with van der Waals surface area (Å²) >= 11 is 0. The maximum Gasteiger partial charge on any atom is 0.341 e. The zero-order valence-corrected chi connectivity index (χ0v) is 11.8. The van der Waals surface area contributed by atoms with Crippen LogP contribution in [0.25, 0.3) is 0 Å². The predicted octanol–water partition coefficient (Wildman–Crippen LogP) is 3.20. The summed E-state index contributed by atoms with van der Waals surface area (Å²) in [5.41, 5.74) is 0.907. The molecule has 2 aromatic rings. The van der Waals surface area contributed by atoms with Crippen LogP contribution in [0.15, 0.2) is 42.5 Å². The van der Waals surface area contributed by atoms with Crippen LogP contribution in [-0.2, 0) is 11.3 Å². The summed E-state index contributed by atoms with van der Waals surface area (Å²) in [5.74, 6) is -0.976. The Morgan fingerprint density at radius 2 is 1.86 bits per heavy atom. The molecule has 0 aliphatic heterocycles. The highest BCUT2D eigenvalue weighted by Crippen LogP contribution is 2.33. The van der Waals surface area contributed by atoms with E-state index in [0.717, 1.165) is 17.7 Å². The van der Waals surface area contributed by atoms with Gasteiger partial charge in [0.2, 0.25) is 0 Å². The molecule has 0 heterocycles. The second-order valence-corrected chi connectivity index (χ2v) is 4.25. The van der Waals surface area contributed by atoms with E-state index in [1.54, 1.807) is 0 Å². The molecule has 0 aliphatic rings. The van der Waals surface area contributed by atoms with E-state index in [2.05, 4.69) is 4.74 Å². The highest BCUT2D eigenvalue weighted by atomic mass is 19.1. The monoisotopic (exact) mass is 290 g/mol. The van der Waals surface area contributed by atoms with Crippen molar-refractivity contribution in [2.75, 3.05) is 14.2 Å². The Morgan fingerprint density at radius 3 is 2.48 bits per heavy atom. The normalized spacial score (nSPS) is 10.0. The van der Waals surface area contributed by atoms with E-state index in [-0.39, 0.29) is 23.7 Å². The van der Waals surface area contributed by atoms with Crippen LogP contribution >= 0.6 is 0 Å². The Kier molecular flexibility index (Phi) is 4.77. The molecule has 21 heavy (non-hydrogen) atoms. The maximum atomic E-state index is 13.5. The molecule has 0 radical (unpaired) electrons. The number of carbonyl (C=O) groups is 1. The van der Waals surface area contributed by atoms with E-state index >= 15 is 0 Å². The lowest BCUT2D eigenvalue weighted by atomic mass is 10.1. The quantitative estimate of drug-likeness (QED) is 0.793. The third-order valence-corrected chi connectivity index (χ3v) is 2.87. The van der Waals surface area contributed by atoms with Gasteiger partial charge < -0.3 is 14.2 Å². The smallest absolute Gasteiger partial charge is 0.341 e. The lowest BCUT2D eigenvalue weighted by Crippen LogP contribution is -2.08. The van der Waals surface area contributed by atoms with Gasteiger partial charge in [0.05, 0.1) is 14.2 Å². The van der Waals surface area contributed by atoms with Crippen molar-refractivity contribution in [3.8, 4) is 11.5 Å². The van der Waals surface area contributed by atoms with E-state index in [1.165, 1.54) is 14.2 Å². The fourth-order valence-corrected chi connectivity index (χ4v) is 1.86. The van der Waals surface area contributed by atoms with Crippen molar-refractivity contribution in [2.45, 2.75) is 6.61 Å². The molecule has 0 aliphatic carbocycles. The molecule has 2 rings (SSSR count). The third-order valence-electron chi connectivity index (χ3n) is 2.87. The van der Waals surface area contributed by atoms with Crippen LogP contribution in [0.2, 0.25) is 0 Å². The first kappa shape index (κ1) is 14.8. The predicted molar refractivity (Wildman–Crippen MR) is 75.1 cm³/mol. The van der Waals surface area contributed by atoms with E-state index in [4.69, 9.17) is 9.47 Å². The van der Waals surface area contributed by atoms with Gasteiger partial charge in [0, 0.05) is 6.07 Å². The first-order valence-corrected chi connectivity index (χ1v) is 6.28. The van der Waals surface area contributed by atoms with Gasteiger partial charge in [0.15, 0.2) is 11.5 Å². The Morgan fingerprint density at radius 1 is 1.14 bits per heavy atom. The summed E-state index contributed by atoms with van der Waals surface area (Å²) in [5, 5.41) is 0. The molecular weight excluding hydrogens is 275 g/mol. The Bertz CT molecular complexity index is 626. The molecule has 4 nitrogen and oxygen atoms in total. The molecule has 5 heteroatoms. The van der Waals surface area contributed by atoms with Crippen LogP contribution in [0.4, 0.5) is 4.39 Å². The molecule has 0 aromatic heterocycles. The summed E-state index contributed by atoms with van der Waals surface area (Å²) in [6.45, 7) is 0.229. The number of halogens is 1. The van der Waals surface area contributed by atoms with Gasteiger partial charge in [0.25, 0.3) is 0 Å². The van der Waals surface area contributed by atoms with Gasteiger partial charge in [-0.05, 0) is 11.6 Å². The number of benzene rings is 2. The molecule has 110 valence electrons. The number of hydrogen-bond acceptors (Lipinski definition) is 4. The second kappa shape index (κ2) is 6.74. The second-order valence-electron chi connectivity index (χ2n) is 4.25. The van der Waals surface area contributed by atoms with Crippen LogP contribution in [-0.4, -0.2) is 20.2 Å². The van der Waals surface area contributed by atoms with Crippen molar-refractivity contribution in [3.63, 3.8) is 0 Å². The SMILES string of the molecule is COC(=O)c1cc(F)cc(OC)c1OCc1ccccc1. The molecule has 2 aromatic carbocycles. The summed E-state index contributed by atoms with van der Waals surface area (Å²) in [7, 11) is 2.60.